The van der Waals surface area contributed by atoms with Gasteiger partial charge in [0.05, 0.1) is 6.04 Å². The minimum Gasteiger partial charge on any atom is -0.434 e. The van der Waals surface area contributed by atoms with Gasteiger partial charge >= 0.3 is 12.3 Å². The van der Waals surface area contributed by atoms with Gasteiger partial charge in [0.1, 0.15) is 12.1 Å². The Balaban J connectivity index is 1.83. The summed E-state index contributed by atoms with van der Waals surface area (Å²) < 4.78 is 44.4. The zero-order valence-corrected chi connectivity index (χ0v) is 23.4. The van der Waals surface area contributed by atoms with Gasteiger partial charge in [0, 0.05) is 6.54 Å². The molecule has 39 heavy (non-hydrogen) atoms. The number of Topliss-reactive ketones (excluding diaryl/α,β-unsaturated/α-hetero) is 1. The normalized spacial score (nSPS) is 25.7. The van der Waals surface area contributed by atoms with Crippen molar-refractivity contribution in [2.45, 2.75) is 97.6 Å². The molecule has 1 heterocycles. The van der Waals surface area contributed by atoms with E-state index >= 15 is 0 Å². The number of primary amides is 1. The number of fused-ring (bicyclic) bond motifs is 1. The van der Waals surface area contributed by atoms with Gasteiger partial charge < -0.3 is 26.0 Å². The highest BCUT2D eigenvalue weighted by atomic mass is 19.4. The summed E-state index contributed by atoms with van der Waals surface area (Å²) in [5.41, 5.74) is 1.16. The van der Waals surface area contributed by atoms with Crippen LogP contribution in [0.4, 0.5) is 18.0 Å². The summed E-state index contributed by atoms with van der Waals surface area (Å²) in [7, 11) is 0. The lowest BCUT2D eigenvalue weighted by atomic mass is 9.85. The number of amides is 4. The molecule has 0 aromatic heterocycles. The topological polar surface area (TPSA) is 148 Å². The molecule has 1 saturated heterocycles. The van der Waals surface area contributed by atoms with E-state index in [1.165, 1.54) is 4.90 Å². The van der Waals surface area contributed by atoms with Gasteiger partial charge in [-0.3, -0.25) is 19.2 Å². The number of alkyl halides is 3. The summed E-state index contributed by atoms with van der Waals surface area (Å²) in [5, 5.41) is 4.92. The molecule has 3 unspecified atom stereocenters. The van der Waals surface area contributed by atoms with Gasteiger partial charge in [0.25, 0.3) is 5.91 Å². The van der Waals surface area contributed by atoms with Crippen LogP contribution in [-0.2, 0) is 23.9 Å². The second-order valence-electron chi connectivity index (χ2n) is 13.2. The van der Waals surface area contributed by atoms with Crippen LogP contribution in [0.15, 0.2) is 0 Å². The Labute approximate surface area is 225 Å². The number of likely N-dealkylation sites (tertiary alicyclic amines) is 1. The van der Waals surface area contributed by atoms with E-state index in [1.54, 1.807) is 20.8 Å². The van der Waals surface area contributed by atoms with Crippen LogP contribution in [0.25, 0.3) is 0 Å². The van der Waals surface area contributed by atoms with Crippen LogP contribution >= 0.6 is 0 Å². The van der Waals surface area contributed by atoms with E-state index < -0.39 is 64.9 Å². The number of nitrogens with one attached hydrogen (secondary N) is 2. The van der Waals surface area contributed by atoms with Crippen LogP contribution in [0.1, 0.15) is 67.7 Å². The summed E-state index contributed by atoms with van der Waals surface area (Å²) >= 11 is 0. The number of carbonyl (C=O) groups excluding carboxylic acids is 5. The molecule has 5 atom stereocenters. The van der Waals surface area contributed by atoms with Crippen molar-refractivity contribution in [2.24, 2.45) is 34.3 Å². The molecular weight excluding hydrogens is 521 g/mol. The minimum absolute atomic E-state index is 0.0392. The van der Waals surface area contributed by atoms with E-state index in [9.17, 15) is 37.1 Å². The highest BCUT2D eigenvalue weighted by Crippen LogP contribution is 2.65. The number of alkyl carbamates (subject to hydrolysis) is 1. The third kappa shape index (κ3) is 6.32. The third-order valence-electron chi connectivity index (χ3n) is 8.31. The molecule has 1 aliphatic heterocycles. The number of carbonyl (C=O) groups is 5. The number of ether oxygens (including phenoxy) is 1. The summed E-state index contributed by atoms with van der Waals surface area (Å²) in [6, 6.07) is -3.44. The van der Waals surface area contributed by atoms with Gasteiger partial charge in [0.15, 0.2) is 0 Å². The van der Waals surface area contributed by atoms with Gasteiger partial charge in [-0.25, -0.2) is 4.79 Å². The number of rotatable bonds is 9. The molecule has 0 bridgehead atoms. The lowest BCUT2D eigenvalue weighted by Gasteiger charge is -2.38. The fourth-order valence-corrected chi connectivity index (χ4v) is 5.41. The van der Waals surface area contributed by atoms with Crippen LogP contribution in [-0.4, -0.2) is 70.9 Å². The molecule has 4 amide bonds. The van der Waals surface area contributed by atoms with Crippen LogP contribution in [0.3, 0.4) is 0 Å². The number of ketones is 1. The molecule has 2 aliphatic carbocycles. The molecular formula is C26H39F3N4O6. The maximum absolute atomic E-state index is 13.8. The first-order chi connectivity index (χ1) is 17.6. The van der Waals surface area contributed by atoms with Crippen molar-refractivity contribution in [3.05, 3.63) is 0 Å². The summed E-state index contributed by atoms with van der Waals surface area (Å²) in [5.74, 6) is -3.45. The summed E-state index contributed by atoms with van der Waals surface area (Å²) in [6.45, 7) is 10.4. The van der Waals surface area contributed by atoms with Crippen molar-refractivity contribution < 1.29 is 41.9 Å². The molecule has 220 valence electrons. The molecule has 0 aromatic carbocycles. The van der Waals surface area contributed by atoms with Crippen LogP contribution in [0.5, 0.6) is 0 Å². The Kier molecular flexibility index (Phi) is 7.83. The molecule has 0 radical (unpaired) electrons. The molecule has 13 heteroatoms. The summed E-state index contributed by atoms with van der Waals surface area (Å²) in [4.78, 5) is 65.2. The van der Waals surface area contributed by atoms with Crippen molar-refractivity contribution >= 4 is 29.6 Å². The highest BCUT2D eigenvalue weighted by Gasteiger charge is 2.70. The van der Waals surface area contributed by atoms with Crippen molar-refractivity contribution in [1.82, 2.24) is 15.5 Å². The smallest absolute Gasteiger partial charge is 0.427 e. The predicted molar refractivity (Wildman–Crippen MR) is 133 cm³/mol. The number of nitrogens with two attached hydrogens (primary N) is 1. The average Bonchev–Trinajstić information content (AvgIpc) is 3.61. The molecule has 10 nitrogen and oxygen atoms in total. The first kappa shape index (κ1) is 30.7. The van der Waals surface area contributed by atoms with Gasteiger partial charge in [-0.15, -0.1) is 0 Å². The number of halogens is 3. The van der Waals surface area contributed by atoms with Gasteiger partial charge in [-0.05, 0) is 48.9 Å². The SMILES string of the molecule is CC(C)(C)C(NC(=O)OC(C)(C)C(F)(F)F)C(=O)N1C[C@H]2C([C@H]1C(=O)NC(CC1CC1)C(=O)C(N)=O)C2(C)C. The van der Waals surface area contributed by atoms with E-state index in [0.29, 0.717) is 13.8 Å². The quantitative estimate of drug-likeness (QED) is 0.369. The second-order valence-corrected chi connectivity index (χ2v) is 13.2. The van der Waals surface area contributed by atoms with Crippen LogP contribution in [0, 0.1) is 28.6 Å². The lowest BCUT2D eigenvalue weighted by molar-refractivity contribution is -0.244. The molecule has 2 saturated carbocycles. The Hall–Kier alpha value is -2.86. The monoisotopic (exact) mass is 560 g/mol. The van der Waals surface area contributed by atoms with Crippen molar-refractivity contribution in [1.29, 1.82) is 0 Å². The van der Waals surface area contributed by atoms with Crippen LogP contribution in [0.2, 0.25) is 0 Å². The fraction of sp³-hybridized carbons (Fsp3) is 0.808. The van der Waals surface area contributed by atoms with Gasteiger partial charge in [-0.2, -0.15) is 13.2 Å². The van der Waals surface area contributed by atoms with E-state index in [4.69, 9.17) is 5.73 Å². The number of piperidine rings is 1. The van der Waals surface area contributed by atoms with E-state index in [0.717, 1.165) is 12.8 Å². The number of hydrogen-bond acceptors (Lipinski definition) is 6. The van der Waals surface area contributed by atoms with Gasteiger partial charge in [0.2, 0.25) is 23.2 Å². The Bertz CT molecular complexity index is 1050. The highest BCUT2D eigenvalue weighted by molar-refractivity contribution is 6.37. The zero-order valence-electron chi connectivity index (χ0n) is 23.4. The van der Waals surface area contributed by atoms with Gasteiger partial charge in [-0.1, -0.05) is 47.5 Å². The van der Waals surface area contributed by atoms with Crippen molar-refractivity contribution in [3.8, 4) is 0 Å². The number of hydrogen-bond donors (Lipinski definition) is 3. The first-order valence-electron chi connectivity index (χ1n) is 13.1. The fourth-order valence-electron chi connectivity index (χ4n) is 5.41. The Morgan fingerprint density at radius 3 is 2.05 bits per heavy atom. The van der Waals surface area contributed by atoms with Crippen molar-refractivity contribution in [3.63, 3.8) is 0 Å². The standard InChI is InChI=1S/C26H39F3N4O6/c1-23(2,3)18(32-22(38)39-25(6,7)26(27,28)29)21(37)33-11-13-15(24(13,4)5)16(33)20(36)31-14(10-12-8-9-12)17(34)19(30)35/h12-16,18H,8-11H2,1-7H3,(H2,30,35)(H,31,36)(H,32,38)/t13-,14?,15?,16-,18?/m0/s1. The van der Waals surface area contributed by atoms with E-state index in [2.05, 4.69) is 15.4 Å². The molecule has 3 fully saturated rings. The largest absolute Gasteiger partial charge is 0.434 e. The maximum Gasteiger partial charge on any atom is 0.427 e. The van der Waals surface area contributed by atoms with Crippen molar-refractivity contribution in [2.75, 3.05) is 6.54 Å². The molecule has 3 aliphatic rings. The third-order valence-corrected chi connectivity index (χ3v) is 8.31. The molecule has 3 rings (SSSR count). The zero-order chi connectivity index (χ0) is 29.9. The Morgan fingerprint density at radius 2 is 1.59 bits per heavy atom. The molecule has 0 spiro atoms. The Morgan fingerprint density at radius 1 is 1.03 bits per heavy atom. The van der Waals surface area contributed by atoms with E-state index in [-0.39, 0.29) is 36.1 Å². The average molecular weight is 561 g/mol. The summed E-state index contributed by atoms with van der Waals surface area (Å²) in [6.07, 6.45) is -4.27. The lowest BCUT2D eigenvalue weighted by Crippen LogP contribution is -2.61. The minimum atomic E-state index is -4.84. The van der Waals surface area contributed by atoms with Crippen LogP contribution < -0.4 is 16.4 Å². The predicted octanol–water partition coefficient (Wildman–Crippen LogP) is 2.29. The maximum atomic E-state index is 13.8. The number of nitrogens with zero attached hydrogens (tertiary/aromatic N) is 1. The van der Waals surface area contributed by atoms with E-state index in [1.807, 2.05) is 13.8 Å². The molecule has 0 aromatic rings. The second kappa shape index (κ2) is 9.96. The first-order valence-corrected chi connectivity index (χ1v) is 13.1. The molecule has 4 N–H and O–H groups in total.